The minimum Gasteiger partial charge on any atom is -0.388 e. The van der Waals surface area contributed by atoms with E-state index in [0.717, 1.165) is 18.4 Å². The van der Waals surface area contributed by atoms with Crippen LogP contribution in [0.15, 0.2) is 30.3 Å². The fraction of sp³-hybridized carbons (Fsp3) is 0.533. The van der Waals surface area contributed by atoms with Gasteiger partial charge in [0.25, 0.3) is 0 Å². The molecule has 1 aliphatic rings. The summed E-state index contributed by atoms with van der Waals surface area (Å²) in [6.07, 6.45) is 4.47. The van der Waals surface area contributed by atoms with Gasteiger partial charge in [0, 0.05) is 12.5 Å². The Labute approximate surface area is 108 Å². The Bertz CT molecular complexity index is 371. The maximum atomic E-state index is 11.8. The average molecular weight is 247 g/mol. The summed E-state index contributed by atoms with van der Waals surface area (Å²) in [5.41, 5.74) is 0.910. The average Bonchev–Trinajstić information content (AvgIpc) is 2.93. The van der Waals surface area contributed by atoms with Gasteiger partial charge in [-0.05, 0) is 24.8 Å². The Morgan fingerprint density at radius 2 is 1.94 bits per heavy atom. The molecule has 0 aromatic heterocycles. The highest BCUT2D eigenvalue weighted by Crippen LogP contribution is 2.24. The van der Waals surface area contributed by atoms with Crippen LogP contribution in [0.4, 0.5) is 0 Å². The molecule has 0 spiro atoms. The predicted octanol–water partition coefficient (Wildman–Crippen LogP) is 2.42. The van der Waals surface area contributed by atoms with Crippen molar-refractivity contribution in [3.05, 3.63) is 35.9 Å². The van der Waals surface area contributed by atoms with Crippen molar-refractivity contribution in [2.45, 2.75) is 38.2 Å². The van der Waals surface area contributed by atoms with Crippen molar-refractivity contribution < 1.29 is 9.90 Å². The molecule has 3 heteroatoms. The second kappa shape index (κ2) is 6.55. The van der Waals surface area contributed by atoms with E-state index in [0.29, 0.717) is 13.0 Å². The number of benzene rings is 1. The quantitative estimate of drug-likeness (QED) is 0.839. The van der Waals surface area contributed by atoms with Gasteiger partial charge in [0.2, 0.25) is 5.91 Å². The van der Waals surface area contributed by atoms with Gasteiger partial charge in [0.15, 0.2) is 0 Å². The van der Waals surface area contributed by atoms with Crippen molar-refractivity contribution in [3.63, 3.8) is 0 Å². The molecule has 2 rings (SSSR count). The van der Waals surface area contributed by atoms with Gasteiger partial charge < -0.3 is 10.4 Å². The summed E-state index contributed by atoms with van der Waals surface area (Å²) in [7, 11) is 0. The van der Waals surface area contributed by atoms with E-state index in [1.807, 2.05) is 30.3 Å². The van der Waals surface area contributed by atoms with Crippen LogP contribution in [0.3, 0.4) is 0 Å². The van der Waals surface area contributed by atoms with Crippen molar-refractivity contribution in [1.82, 2.24) is 5.32 Å². The third kappa shape index (κ3) is 3.57. The van der Waals surface area contributed by atoms with Crippen molar-refractivity contribution in [1.29, 1.82) is 0 Å². The molecule has 0 aliphatic heterocycles. The van der Waals surface area contributed by atoms with Crippen molar-refractivity contribution in [2.75, 3.05) is 6.54 Å². The number of amides is 1. The first-order valence-electron chi connectivity index (χ1n) is 6.78. The molecule has 1 fully saturated rings. The van der Waals surface area contributed by atoms with E-state index in [1.165, 1.54) is 12.8 Å². The topological polar surface area (TPSA) is 49.3 Å². The molecule has 2 N–H and O–H groups in total. The van der Waals surface area contributed by atoms with Crippen LogP contribution in [0.5, 0.6) is 0 Å². The van der Waals surface area contributed by atoms with Crippen LogP contribution in [0, 0.1) is 5.92 Å². The molecule has 1 atom stereocenters. The summed E-state index contributed by atoms with van der Waals surface area (Å²) in [5, 5.41) is 12.9. The van der Waals surface area contributed by atoms with Gasteiger partial charge in [0.1, 0.15) is 0 Å². The highest BCUT2D eigenvalue weighted by Gasteiger charge is 2.22. The monoisotopic (exact) mass is 247 g/mol. The highest BCUT2D eigenvalue weighted by molar-refractivity contribution is 5.78. The molecule has 98 valence electrons. The van der Waals surface area contributed by atoms with E-state index in [9.17, 15) is 9.90 Å². The lowest BCUT2D eigenvalue weighted by Gasteiger charge is -2.13. The first-order chi connectivity index (χ1) is 8.77. The van der Waals surface area contributed by atoms with Gasteiger partial charge >= 0.3 is 0 Å². The number of rotatable bonds is 5. The predicted molar refractivity (Wildman–Crippen MR) is 71.0 cm³/mol. The van der Waals surface area contributed by atoms with Gasteiger partial charge in [-0.2, -0.15) is 0 Å². The van der Waals surface area contributed by atoms with Crippen LogP contribution < -0.4 is 5.32 Å². The van der Waals surface area contributed by atoms with Crippen LogP contribution in [0.2, 0.25) is 0 Å². The van der Waals surface area contributed by atoms with Crippen molar-refractivity contribution in [3.8, 4) is 0 Å². The third-order valence-electron chi connectivity index (χ3n) is 3.63. The number of hydrogen-bond acceptors (Lipinski definition) is 2. The maximum absolute atomic E-state index is 11.8. The van der Waals surface area contributed by atoms with Gasteiger partial charge in [-0.25, -0.2) is 0 Å². The molecular formula is C15H21NO2. The molecule has 0 bridgehead atoms. The maximum Gasteiger partial charge on any atom is 0.223 e. The van der Waals surface area contributed by atoms with E-state index in [1.54, 1.807) is 0 Å². The van der Waals surface area contributed by atoms with Gasteiger partial charge in [0.05, 0.1) is 6.10 Å². The SMILES string of the molecule is O=C(NCCC(O)c1ccccc1)C1CCCC1. The molecule has 1 aliphatic carbocycles. The molecule has 0 saturated heterocycles. The normalized spacial score (nSPS) is 17.6. The molecule has 1 aromatic rings. The minimum atomic E-state index is -0.491. The van der Waals surface area contributed by atoms with Crippen molar-refractivity contribution in [2.24, 2.45) is 5.92 Å². The molecule has 1 saturated carbocycles. The zero-order valence-corrected chi connectivity index (χ0v) is 10.6. The fourth-order valence-electron chi connectivity index (χ4n) is 2.51. The van der Waals surface area contributed by atoms with Crippen LogP contribution in [-0.2, 0) is 4.79 Å². The smallest absolute Gasteiger partial charge is 0.223 e. The molecule has 18 heavy (non-hydrogen) atoms. The Morgan fingerprint density at radius 3 is 2.61 bits per heavy atom. The van der Waals surface area contributed by atoms with Crippen molar-refractivity contribution >= 4 is 5.91 Å². The van der Waals surface area contributed by atoms with Crippen LogP contribution in [0.1, 0.15) is 43.8 Å². The summed E-state index contributed by atoms with van der Waals surface area (Å²) in [5.74, 6) is 0.367. The lowest BCUT2D eigenvalue weighted by molar-refractivity contribution is -0.124. The van der Waals surface area contributed by atoms with E-state index in [2.05, 4.69) is 5.32 Å². The summed E-state index contributed by atoms with van der Waals surface area (Å²) >= 11 is 0. The van der Waals surface area contributed by atoms with Crippen LogP contribution >= 0.6 is 0 Å². The second-order valence-electron chi connectivity index (χ2n) is 4.99. The Balaban J connectivity index is 1.70. The zero-order valence-electron chi connectivity index (χ0n) is 10.6. The molecule has 1 amide bonds. The lowest BCUT2D eigenvalue weighted by Crippen LogP contribution is -2.30. The summed E-state index contributed by atoms with van der Waals surface area (Å²) in [6, 6.07) is 9.57. The first-order valence-corrected chi connectivity index (χ1v) is 6.78. The standard InChI is InChI=1S/C15H21NO2/c17-14(12-6-2-1-3-7-12)10-11-16-15(18)13-8-4-5-9-13/h1-3,6-7,13-14,17H,4-5,8-11H2,(H,16,18). The number of carbonyl (C=O) groups is 1. The van der Waals surface area contributed by atoms with Gasteiger partial charge in [-0.15, -0.1) is 0 Å². The van der Waals surface area contributed by atoms with E-state index in [-0.39, 0.29) is 11.8 Å². The molecule has 1 aromatic carbocycles. The fourth-order valence-corrected chi connectivity index (χ4v) is 2.51. The molecular weight excluding hydrogens is 226 g/mol. The van der Waals surface area contributed by atoms with E-state index in [4.69, 9.17) is 0 Å². The molecule has 0 heterocycles. The third-order valence-corrected chi connectivity index (χ3v) is 3.63. The summed E-state index contributed by atoms with van der Waals surface area (Å²) in [6.45, 7) is 0.547. The summed E-state index contributed by atoms with van der Waals surface area (Å²) in [4.78, 5) is 11.8. The zero-order chi connectivity index (χ0) is 12.8. The second-order valence-corrected chi connectivity index (χ2v) is 4.99. The molecule has 3 nitrogen and oxygen atoms in total. The number of nitrogens with one attached hydrogen (secondary N) is 1. The molecule has 0 radical (unpaired) electrons. The van der Waals surface area contributed by atoms with Crippen LogP contribution in [-0.4, -0.2) is 17.6 Å². The Kier molecular flexibility index (Phi) is 4.76. The minimum absolute atomic E-state index is 0.160. The largest absolute Gasteiger partial charge is 0.388 e. The van der Waals surface area contributed by atoms with Gasteiger partial charge in [-0.1, -0.05) is 43.2 Å². The number of carbonyl (C=O) groups excluding carboxylic acids is 1. The van der Waals surface area contributed by atoms with Crippen LogP contribution in [0.25, 0.3) is 0 Å². The summed E-state index contributed by atoms with van der Waals surface area (Å²) < 4.78 is 0. The number of hydrogen-bond donors (Lipinski definition) is 2. The first kappa shape index (κ1) is 13.1. The highest BCUT2D eigenvalue weighted by atomic mass is 16.3. The lowest BCUT2D eigenvalue weighted by atomic mass is 10.1. The Hall–Kier alpha value is -1.35. The number of aliphatic hydroxyl groups excluding tert-OH is 1. The number of aliphatic hydroxyl groups is 1. The Morgan fingerprint density at radius 1 is 1.28 bits per heavy atom. The van der Waals surface area contributed by atoms with E-state index >= 15 is 0 Å². The van der Waals surface area contributed by atoms with Gasteiger partial charge in [-0.3, -0.25) is 4.79 Å². The molecule has 1 unspecified atom stereocenters. The van der Waals surface area contributed by atoms with E-state index < -0.39 is 6.10 Å².